The molecule has 6 rings (SSSR count). The molecule has 222 valence electrons. The Hall–Kier alpha value is -4.89. The molecule has 0 fully saturated rings. The average molecular weight is 604 g/mol. The molecule has 0 spiro atoms. The van der Waals surface area contributed by atoms with E-state index in [1.54, 1.807) is 18.2 Å². The Labute approximate surface area is 261 Å². The number of hydrogen-bond donors (Lipinski definition) is 1. The summed E-state index contributed by atoms with van der Waals surface area (Å²) in [6.07, 6.45) is 1.69. The predicted molar refractivity (Wildman–Crippen MR) is 174 cm³/mol. The number of nitrogens with zero attached hydrogens (tertiary/aromatic N) is 4. The van der Waals surface area contributed by atoms with E-state index in [1.807, 2.05) is 103 Å². The summed E-state index contributed by atoms with van der Waals surface area (Å²) in [6.45, 7) is 4.18. The number of carbonyl (C=O) groups is 2. The van der Waals surface area contributed by atoms with Gasteiger partial charge >= 0.3 is 0 Å². The van der Waals surface area contributed by atoms with Gasteiger partial charge in [-0.15, -0.1) is 11.8 Å². The van der Waals surface area contributed by atoms with Crippen LogP contribution in [0.4, 0.5) is 5.82 Å². The van der Waals surface area contributed by atoms with Crippen molar-refractivity contribution in [3.8, 4) is 22.7 Å². The first kappa shape index (κ1) is 29.2. The van der Waals surface area contributed by atoms with Gasteiger partial charge in [-0.3, -0.25) is 19.5 Å². The maximum absolute atomic E-state index is 14.0. The molecule has 2 amide bonds. The lowest BCUT2D eigenvalue weighted by atomic mass is 9.99. The third kappa shape index (κ3) is 5.83. The fraction of sp³-hybridized carbons (Fsp3) is 0.200. The molecule has 1 atom stereocenters. The molecule has 2 aromatic heterocycles. The molecular formula is C35H33N5O3S. The van der Waals surface area contributed by atoms with E-state index in [1.165, 1.54) is 11.8 Å². The number of benzene rings is 3. The van der Waals surface area contributed by atoms with Crippen LogP contribution in [0.5, 0.6) is 5.75 Å². The molecule has 1 aliphatic heterocycles. The standard InChI is InChI=1S/C35H33N5O3S/c1-23-16-17-28(24(2)19-23)40-35-32(33(38-40)25-11-5-4-6-12-25)34(27-14-7-8-15-29(27)43-3)44-22-31(42)39(35)21-30(41)37-20-26-13-9-10-18-36-26/h4-19,34H,20-22H2,1-3H3,(H,37,41). The van der Waals surface area contributed by atoms with Crippen molar-refractivity contribution >= 4 is 29.4 Å². The molecule has 0 aliphatic carbocycles. The fourth-order valence-corrected chi connectivity index (χ4v) is 6.78. The lowest BCUT2D eigenvalue weighted by Crippen LogP contribution is -2.42. The van der Waals surface area contributed by atoms with Crippen molar-refractivity contribution in [1.29, 1.82) is 0 Å². The van der Waals surface area contributed by atoms with E-state index in [4.69, 9.17) is 9.84 Å². The fourth-order valence-electron chi connectivity index (χ4n) is 5.56. The van der Waals surface area contributed by atoms with Gasteiger partial charge in [0, 0.05) is 22.9 Å². The molecule has 5 aromatic rings. The number of pyridine rings is 1. The molecule has 8 nitrogen and oxygen atoms in total. The summed E-state index contributed by atoms with van der Waals surface area (Å²) in [5.74, 6) is 1.02. The van der Waals surface area contributed by atoms with Crippen LogP contribution in [0.15, 0.2) is 97.2 Å². The van der Waals surface area contributed by atoms with Gasteiger partial charge in [0.25, 0.3) is 0 Å². The topological polar surface area (TPSA) is 89.3 Å². The van der Waals surface area contributed by atoms with Gasteiger partial charge in [0.1, 0.15) is 18.1 Å². The Morgan fingerprint density at radius 1 is 1.00 bits per heavy atom. The third-order valence-corrected chi connectivity index (χ3v) is 8.87. The summed E-state index contributed by atoms with van der Waals surface area (Å²) in [4.78, 5) is 33.4. The van der Waals surface area contributed by atoms with Crippen LogP contribution < -0.4 is 15.0 Å². The maximum Gasteiger partial charge on any atom is 0.240 e. The number of amides is 2. The van der Waals surface area contributed by atoms with Gasteiger partial charge in [0.2, 0.25) is 11.8 Å². The normalized spacial score (nSPS) is 14.6. The number of para-hydroxylation sites is 1. The van der Waals surface area contributed by atoms with Gasteiger partial charge in [-0.25, -0.2) is 4.68 Å². The predicted octanol–water partition coefficient (Wildman–Crippen LogP) is 6.05. The molecule has 1 aliphatic rings. The Morgan fingerprint density at radius 2 is 1.77 bits per heavy atom. The van der Waals surface area contributed by atoms with Crippen molar-refractivity contribution in [3.63, 3.8) is 0 Å². The quantitative estimate of drug-likeness (QED) is 0.233. The van der Waals surface area contributed by atoms with E-state index in [0.717, 1.165) is 50.6 Å². The average Bonchev–Trinajstić information content (AvgIpc) is 3.37. The minimum Gasteiger partial charge on any atom is -0.496 e. The summed E-state index contributed by atoms with van der Waals surface area (Å²) in [6, 6.07) is 29.6. The molecule has 9 heteroatoms. The summed E-state index contributed by atoms with van der Waals surface area (Å²) < 4.78 is 7.64. The first-order valence-electron chi connectivity index (χ1n) is 14.4. The van der Waals surface area contributed by atoms with Crippen LogP contribution in [-0.4, -0.2) is 46.0 Å². The van der Waals surface area contributed by atoms with Crippen LogP contribution in [0.3, 0.4) is 0 Å². The monoisotopic (exact) mass is 603 g/mol. The van der Waals surface area contributed by atoms with Crippen molar-refractivity contribution in [2.45, 2.75) is 25.6 Å². The van der Waals surface area contributed by atoms with Gasteiger partial charge in [0.05, 0.1) is 41.7 Å². The van der Waals surface area contributed by atoms with Gasteiger partial charge in [-0.1, -0.05) is 72.3 Å². The number of aromatic nitrogens is 3. The van der Waals surface area contributed by atoms with Gasteiger partial charge in [-0.05, 0) is 43.7 Å². The molecular weight excluding hydrogens is 570 g/mol. The van der Waals surface area contributed by atoms with Crippen LogP contribution in [0.2, 0.25) is 0 Å². The molecule has 44 heavy (non-hydrogen) atoms. The number of rotatable bonds is 8. The highest BCUT2D eigenvalue weighted by molar-refractivity contribution is 8.00. The lowest BCUT2D eigenvalue weighted by molar-refractivity contribution is -0.123. The maximum atomic E-state index is 14.0. The van der Waals surface area contributed by atoms with E-state index in [2.05, 4.69) is 16.4 Å². The molecule has 0 saturated carbocycles. The zero-order chi connectivity index (χ0) is 30.6. The zero-order valence-corrected chi connectivity index (χ0v) is 25.7. The highest BCUT2D eigenvalue weighted by Gasteiger charge is 2.38. The van der Waals surface area contributed by atoms with E-state index >= 15 is 0 Å². The minimum absolute atomic E-state index is 0.164. The van der Waals surface area contributed by atoms with Crippen LogP contribution in [0.1, 0.15) is 33.2 Å². The minimum atomic E-state index is -0.290. The van der Waals surface area contributed by atoms with Gasteiger partial charge < -0.3 is 10.1 Å². The van der Waals surface area contributed by atoms with Crippen molar-refractivity contribution in [2.24, 2.45) is 0 Å². The number of hydrogen-bond acceptors (Lipinski definition) is 6. The second kappa shape index (κ2) is 12.8. The van der Waals surface area contributed by atoms with Crippen LogP contribution in [0, 0.1) is 13.8 Å². The molecule has 0 radical (unpaired) electrons. The summed E-state index contributed by atoms with van der Waals surface area (Å²) >= 11 is 1.52. The molecule has 3 heterocycles. The van der Waals surface area contributed by atoms with Crippen molar-refractivity contribution in [2.75, 3.05) is 24.3 Å². The van der Waals surface area contributed by atoms with Crippen LogP contribution >= 0.6 is 11.8 Å². The Morgan fingerprint density at radius 3 is 2.52 bits per heavy atom. The summed E-state index contributed by atoms with van der Waals surface area (Å²) in [5.41, 5.74) is 7.17. The summed E-state index contributed by atoms with van der Waals surface area (Å²) in [7, 11) is 1.65. The summed E-state index contributed by atoms with van der Waals surface area (Å²) in [5, 5.41) is 7.86. The first-order valence-corrected chi connectivity index (χ1v) is 15.5. The number of carbonyl (C=O) groups excluding carboxylic acids is 2. The lowest BCUT2D eigenvalue weighted by Gasteiger charge is -2.24. The SMILES string of the molecule is COc1ccccc1C1SCC(=O)N(CC(=O)NCc2ccccn2)c2c1c(-c1ccccc1)nn2-c1ccc(C)cc1C. The third-order valence-electron chi connectivity index (χ3n) is 7.63. The van der Waals surface area contributed by atoms with Crippen LogP contribution in [-0.2, 0) is 16.1 Å². The second-order valence-corrected chi connectivity index (χ2v) is 11.8. The van der Waals surface area contributed by atoms with E-state index in [0.29, 0.717) is 5.82 Å². The number of methoxy groups -OCH3 is 1. The van der Waals surface area contributed by atoms with E-state index in [9.17, 15) is 9.59 Å². The molecule has 1 N–H and O–H groups in total. The molecule has 0 saturated heterocycles. The molecule has 3 aromatic carbocycles. The number of fused-ring (bicyclic) bond motifs is 1. The van der Waals surface area contributed by atoms with Gasteiger partial charge in [-0.2, -0.15) is 5.10 Å². The largest absolute Gasteiger partial charge is 0.496 e. The number of nitrogens with one attached hydrogen (secondary N) is 1. The Balaban J connectivity index is 1.56. The highest BCUT2D eigenvalue weighted by Crippen LogP contribution is 2.50. The zero-order valence-electron chi connectivity index (χ0n) is 24.9. The van der Waals surface area contributed by atoms with Crippen molar-refractivity contribution in [3.05, 3.63) is 125 Å². The van der Waals surface area contributed by atoms with Crippen molar-refractivity contribution < 1.29 is 14.3 Å². The number of ether oxygens (including phenoxy) is 1. The van der Waals surface area contributed by atoms with Crippen LogP contribution in [0.25, 0.3) is 16.9 Å². The van der Waals surface area contributed by atoms with Gasteiger partial charge in [0.15, 0.2) is 0 Å². The highest BCUT2D eigenvalue weighted by atomic mass is 32.2. The van der Waals surface area contributed by atoms with Crippen molar-refractivity contribution in [1.82, 2.24) is 20.1 Å². The Kier molecular flexibility index (Phi) is 8.47. The number of anilines is 1. The smallest absolute Gasteiger partial charge is 0.240 e. The van der Waals surface area contributed by atoms with E-state index < -0.39 is 0 Å². The van der Waals surface area contributed by atoms with E-state index in [-0.39, 0.29) is 35.9 Å². The molecule has 1 unspecified atom stereocenters. The first-order chi connectivity index (χ1) is 21.4. The number of thioether (sulfide) groups is 1. The number of aryl methyl sites for hydroxylation is 2. The second-order valence-electron chi connectivity index (χ2n) is 10.7. The Bertz CT molecular complexity index is 1810. The molecule has 0 bridgehead atoms.